The number of nitrogens with one attached hydrogen (secondary N) is 1. The van der Waals surface area contributed by atoms with Crippen molar-refractivity contribution in [2.45, 2.75) is 0 Å². The Kier molecular flexibility index (Phi) is 6.88. The predicted octanol–water partition coefficient (Wildman–Crippen LogP) is -2.21. The molecule has 0 atom stereocenters. The zero-order valence-corrected chi connectivity index (χ0v) is 4.06. The number of H-pyrrole nitrogens is 1. The van der Waals surface area contributed by atoms with Crippen LogP contribution in [0.5, 0.6) is 0 Å². The maximum absolute atomic E-state index is 3.67. The molecule has 1 heterocycles. The quantitative estimate of drug-likeness (QED) is 0.386. The molecule has 0 amide bonds. The molecule has 0 unspecified atom stereocenters. The number of aromatic amines is 1. The van der Waals surface area contributed by atoms with Gasteiger partial charge < -0.3 is 15.8 Å². The second-order valence-electron chi connectivity index (χ2n) is 0.761. The Morgan fingerprint density at radius 3 is 2.29 bits per heavy atom. The van der Waals surface area contributed by atoms with E-state index in [2.05, 4.69) is 9.97 Å². The first-order valence-electron chi connectivity index (χ1n) is 1.43. The first kappa shape index (κ1) is 9.44. The van der Waals surface area contributed by atoms with Gasteiger partial charge in [0, 0.05) is 12.4 Å². The fraction of sp³-hybridized carbons (Fsp3) is 0. The molecule has 1 aromatic rings. The summed E-state index contributed by atoms with van der Waals surface area (Å²) in [5, 5.41) is 0. The highest BCUT2D eigenvalue weighted by atomic mass is 19.0. The first-order valence-corrected chi connectivity index (χ1v) is 1.43. The van der Waals surface area contributed by atoms with Crippen LogP contribution in [0.25, 0.3) is 0 Å². The summed E-state index contributed by atoms with van der Waals surface area (Å²) in [7, 11) is 0. The third kappa shape index (κ3) is 2.92. The van der Waals surface area contributed by atoms with Crippen molar-refractivity contribution in [2.24, 2.45) is 0 Å². The van der Waals surface area contributed by atoms with Crippen molar-refractivity contribution in [3.63, 3.8) is 0 Å². The Morgan fingerprint density at radius 1 is 1.43 bits per heavy atom. The van der Waals surface area contributed by atoms with Crippen LogP contribution < -0.4 is 10.9 Å². The van der Waals surface area contributed by atoms with Crippen LogP contribution >= 0.6 is 0 Å². The molecule has 0 fully saturated rings. The topological polar surface area (TPSA) is 65.2 Å². The third-order valence-electron chi connectivity index (χ3n) is 0.406. The van der Waals surface area contributed by atoms with Gasteiger partial charge in [0.25, 0.3) is 0 Å². The summed E-state index contributed by atoms with van der Waals surface area (Å²) in [6, 6.07) is 0. The van der Waals surface area contributed by atoms with Crippen molar-refractivity contribution in [2.75, 3.05) is 0 Å². The van der Waals surface area contributed by atoms with Gasteiger partial charge in [-0.05, 0) is 0 Å². The molecule has 0 aromatic carbocycles. The fourth-order valence-corrected chi connectivity index (χ4v) is 0.215. The summed E-state index contributed by atoms with van der Waals surface area (Å²) in [5.74, 6) is 0. The molecule has 0 aliphatic rings. The van der Waals surface area contributed by atoms with Crippen molar-refractivity contribution >= 4 is 0 Å². The minimum atomic E-state index is 0. The fourth-order valence-electron chi connectivity index (χ4n) is 0.215. The molecule has 0 bridgehead atoms. The Labute approximate surface area is 40.7 Å². The minimum Gasteiger partial charge on any atom is -1.00 e. The van der Waals surface area contributed by atoms with Crippen LogP contribution in [0.3, 0.4) is 0 Å². The van der Waals surface area contributed by atoms with Gasteiger partial charge in [0.1, 0.15) is 0 Å². The largest absolute Gasteiger partial charge is 1.00 e. The molecule has 1 aromatic heterocycles. The number of quaternary nitrogens is 1. The molecule has 0 aliphatic carbocycles. The normalized spacial score (nSPS) is 5.71. The van der Waals surface area contributed by atoms with Crippen molar-refractivity contribution in [1.29, 1.82) is 0 Å². The molecule has 7 heavy (non-hydrogen) atoms. The molecule has 0 radical (unpaired) electrons. The van der Waals surface area contributed by atoms with Crippen molar-refractivity contribution < 1.29 is 4.70 Å². The molecular formula is C3H8FN3. The number of imidazole rings is 1. The standard InChI is InChI=1S/C3H4N2.FH.H3N/c1-2-5-3-4-1;;/h1-3H,(H,4,5);1H;1H3. The Morgan fingerprint density at radius 2 is 2.14 bits per heavy atom. The lowest BCUT2D eigenvalue weighted by Gasteiger charge is -1.46. The van der Waals surface area contributed by atoms with Gasteiger partial charge in [0.05, 0.1) is 6.33 Å². The first-order chi connectivity index (χ1) is 2.50. The molecule has 5 N–H and O–H groups in total. The summed E-state index contributed by atoms with van der Waals surface area (Å²) < 4.78 is 0. The highest BCUT2D eigenvalue weighted by Gasteiger charge is 1.56. The number of hydrogen-bond donors (Lipinski definition) is 2. The highest BCUT2D eigenvalue weighted by molar-refractivity contribution is 4.64. The SMILES string of the molecule is [F-].[NH4+].c1c[nH]cn1. The summed E-state index contributed by atoms with van der Waals surface area (Å²) >= 11 is 0. The highest BCUT2D eigenvalue weighted by Crippen LogP contribution is 1.62. The van der Waals surface area contributed by atoms with Crippen LogP contribution in [0.2, 0.25) is 0 Å². The summed E-state index contributed by atoms with van der Waals surface area (Å²) in [6.07, 6.45) is 5.08. The molecule has 1 rings (SSSR count). The van der Waals surface area contributed by atoms with E-state index in [1.807, 2.05) is 0 Å². The van der Waals surface area contributed by atoms with Gasteiger partial charge >= 0.3 is 0 Å². The van der Waals surface area contributed by atoms with E-state index in [0.717, 1.165) is 0 Å². The Bertz CT molecular complexity index is 66.7. The molecule has 3 nitrogen and oxygen atoms in total. The second-order valence-corrected chi connectivity index (χ2v) is 0.761. The van der Waals surface area contributed by atoms with E-state index in [1.165, 1.54) is 0 Å². The smallest absolute Gasteiger partial charge is 0.0919 e. The van der Waals surface area contributed by atoms with Crippen LogP contribution in [0.15, 0.2) is 18.7 Å². The lowest BCUT2D eigenvalue weighted by molar-refractivity contribution is -0.00000163. The number of nitrogens with zero attached hydrogens (tertiary/aromatic N) is 1. The van der Waals surface area contributed by atoms with Crippen molar-refractivity contribution in [3.8, 4) is 0 Å². The van der Waals surface area contributed by atoms with Crippen LogP contribution in [0.1, 0.15) is 0 Å². The molecule has 0 saturated carbocycles. The Hall–Kier alpha value is -0.900. The average Bonchev–Trinajstić information content (AvgIpc) is 1.76. The van der Waals surface area contributed by atoms with Gasteiger partial charge in [-0.2, -0.15) is 0 Å². The van der Waals surface area contributed by atoms with Crippen molar-refractivity contribution in [1.82, 2.24) is 16.1 Å². The number of rotatable bonds is 0. The van der Waals surface area contributed by atoms with E-state index in [4.69, 9.17) is 0 Å². The molecular weight excluding hydrogens is 97.1 g/mol. The Balaban J connectivity index is 0. The predicted molar refractivity (Wildman–Crippen MR) is 24.6 cm³/mol. The average molecular weight is 105 g/mol. The number of halogens is 1. The van der Waals surface area contributed by atoms with Crippen molar-refractivity contribution in [3.05, 3.63) is 18.7 Å². The van der Waals surface area contributed by atoms with Gasteiger partial charge in [-0.15, -0.1) is 0 Å². The molecule has 42 valence electrons. The van der Waals surface area contributed by atoms with Crippen LogP contribution in [0.4, 0.5) is 0 Å². The van der Waals surface area contributed by atoms with E-state index < -0.39 is 0 Å². The summed E-state index contributed by atoms with van der Waals surface area (Å²) in [4.78, 5) is 6.42. The van der Waals surface area contributed by atoms with E-state index in [0.29, 0.717) is 0 Å². The van der Waals surface area contributed by atoms with Gasteiger partial charge in [-0.25, -0.2) is 4.98 Å². The monoisotopic (exact) mass is 105 g/mol. The van der Waals surface area contributed by atoms with Gasteiger partial charge in [0.15, 0.2) is 0 Å². The summed E-state index contributed by atoms with van der Waals surface area (Å²) in [5.41, 5.74) is 0. The van der Waals surface area contributed by atoms with E-state index in [9.17, 15) is 0 Å². The van der Waals surface area contributed by atoms with Gasteiger partial charge in [-0.1, -0.05) is 0 Å². The maximum Gasteiger partial charge on any atom is 0.0919 e. The molecule has 4 heteroatoms. The van der Waals surface area contributed by atoms with Crippen LogP contribution in [-0.2, 0) is 0 Å². The van der Waals surface area contributed by atoms with Gasteiger partial charge in [-0.3, -0.25) is 0 Å². The second kappa shape index (κ2) is 5.10. The van der Waals surface area contributed by atoms with Gasteiger partial charge in [0.2, 0.25) is 0 Å². The molecule has 0 aliphatic heterocycles. The molecule has 0 saturated heterocycles. The zero-order chi connectivity index (χ0) is 3.54. The number of hydrogen-bond acceptors (Lipinski definition) is 1. The maximum atomic E-state index is 3.67. The van der Waals surface area contributed by atoms with E-state index in [1.54, 1.807) is 18.7 Å². The van der Waals surface area contributed by atoms with E-state index in [-0.39, 0.29) is 10.9 Å². The van der Waals surface area contributed by atoms with Crippen LogP contribution in [0, 0.1) is 0 Å². The summed E-state index contributed by atoms with van der Waals surface area (Å²) in [6.45, 7) is 0. The zero-order valence-electron chi connectivity index (χ0n) is 4.06. The van der Waals surface area contributed by atoms with Crippen LogP contribution in [-0.4, -0.2) is 9.97 Å². The molecule has 0 spiro atoms. The number of aromatic nitrogens is 2. The lowest BCUT2D eigenvalue weighted by atomic mass is 11.0. The lowest BCUT2D eigenvalue weighted by Crippen LogP contribution is -3.00. The minimum absolute atomic E-state index is 0. The third-order valence-corrected chi connectivity index (χ3v) is 0.406. The van der Waals surface area contributed by atoms with E-state index >= 15 is 0 Å².